The molecule has 0 spiro atoms. The third kappa shape index (κ3) is 4.89. The molecule has 0 saturated heterocycles. The molecule has 0 aliphatic heterocycles. The van der Waals surface area contributed by atoms with Crippen molar-refractivity contribution >= 4 is 17.3 Å². The Morgan fingerprint density at radius 1 is 1.09 bits per heavy atom. The highest BCUT2D eigenvalue weighted by Crippen LogP contribution is 2.21. The van der Waals surface area contributed by atoms with Crippen molar-refractivity contribution < 1.29 is 9.47 Å². The lowest BCUT2D eigenvalue weighted by atomic mass is 10.3. The van der Waals surface area contributed by atoms with Crippen molar-refractivity contribution in [2.24, 2.45) is 0 Å². The molecule has 1 aromatic heterocycles. The number of benzene rings is 1. The summed E-state index contributed by atoms with van der Waals surface area (Å²) in [6.07, 6.45) is 0.929. The van der Waals surface area contributed by atoms with Crippen LogP contribution in [0.5, 0.6) is 5.75 Å². The maximum atomic E-state index is 5.22. The quantitative estimate of drug-likeness (QED) is 0.731. The van der Waals surface area contributed by atoms with Gasteiger partial charge in [0.2, 0.25) is 0 Å². The van der Waals surface area contributed by atoms with Crippen molar-refractivity contribution in [3.63, 3.8) is 0 Å². The predicted octanol–water partition coefficient (Wildman–Crippen LogP) is 2.99. The fourth-order valence-electron chi connectivity index (χ4n) is 2.00. The van der Waals surface area contributed by atoms with Gasteiger partial charge in [0.05, 0.1) is 7.11 Å². The SMILES string of the molecule is COCCCNc1cc(Nc2cccc(OC)c2)nc(C)n1. The van der Waals surface area contributed by atoms with Gasteiger partial charge in [-0.1, -0.05) is 6.07 Å². The largest absolute Gasteiger partial charge is 0.497 e. The summed E-state index contributed by atoms with van der Waals surface area (Å²) in [4.78, 5) is 8.78. The lowest BCUT2D eigenvalue weighted by Gasteiger charge is -2.11. The maximum absolute atomic E-state index is 5.22. The molecule has 0 saturated carbocycles. The number of ether oxygens (including phenoxy) is 2. The van der Waals surface area contributed by atoms with Gasteiger partial charge in [-0.15, -0.1) is 0 Å². The highest BCUT2D eigenvalue weighted by Gasteiger charge is 2.03. The fourth-order valence-corrected chi connectivity index (χ4v) is 2.00. The van der Waals surface area contributed by atoms with E-state index in [4.69, 9.17) is 9.47 Å². The number of methoxy groups -OCH3 is 2. The van der Waals surface area contributed by atoms with E-state index in [2.05, 4.69) is 20.6 Å². The van der Waals surface area contributed by atoms with Gasteiger partial charge in [-0.2, -0.15) is 0 Å². The van der Waals surface area contributed by atoms with E-state index >= 15 is 0 Å². The average molecular weight is 302 g/mol. The first-order chi connectivity index (χ1) is 10.7. The zero-order chi connectivity index (χ0) is 15.8. The molecule has 118 valence electrons. The summed E-state index contributed by atoms with van der Waals surface area (Å²) >= 11 is 0. The Morgan fingerprint density at radius 2 is 1.91 bits per heavy atom. The number of anilines is 3. The summed E-state index contributed by atoms with van der Waals surface area (Å²) in [6.45, 7) is 3.41. The second-order valence-corrected chi connectivity index (χ2v) is 4.82. The minimum absolute atomic E-state index is 0.710. The van der Waals surface area contributed by atoms with Crippen LogP contribution in [-0.2, 0) is 4.74 Å². The smallest absolute Gasteiger partial charge is 0.136 e. The van der Waals surface area contributed by atoms with Crippen molar-refractivity contribution in [1.82, 2.24) is 9.97 Å². The first-order valence-electron chi connectivity index (χ1n) is 7.21. The highest BCUT2D eigenvalue weighted by molar-refractivity contribution is 5.60. The molecule has 1 aromatic carbocycles. The van der Waals surface area contributed by atoms with Crippen molar-refractivity contribution in [3.8, 4) is 5.75 Å². The summed E-state index contributed by atoms with van der Waals surface area (Å²) in [5.74, 6) is 3.06. The minimum Gasteiger partial charge on any atom is -0.497 e. The Bertz CT molecular complexity index is 604. The van der Waals surface area contributed by atoms with Gasteiger partial charge in [0.1, 0.15) is 23.2 Å². The fraction of sp³-hybridized carbons (Fsp3) is 0.375. The minimum atomic E-state index is 0.710. The van der Waals surface area contributed by atoms with E-state index in [1.54, 1.807) is 14.2 Å². The Hall–Kier alpha value is -2.34. The Balaban J connectivity index is 2.05. The van der Waals surface area contributed by atoms with Crippen LogP contribution < -0.4 is 15.4 Å². The molecule has 0 radical (unpaired) electrons. The van der Waals surface area contributed by atoms with Crippen molar-refractivity contribution in [1.29, 1.82) is 0 Å². The third-order valence-electron chi connectivity index (χ3n) is 3.01. The average Bonchev–Trinajstić information content (AvgIpc) is 2.51. The number of aromatic nitrogens is 2. The van der Waals surface area contributed by atoms with E-state index in [-0.39, 0.29) is 0 Å². The van der Waals surface area contributed by atoms with Gasteiger partial charge < -0.3 is 20.1 Å². The standard InChI is InChI=1S/C16H22N4O2/c1-12-18-15(17-8-5-9-21-2)11-16(19-12)20-13-6-4-7-14(10-13)22-3/h4,6-7,10-11H,5,8-9H2,1-3H3,(H2,17,18,19,20). The van der Waals surface area contributed by atoms with Crippen LogP contribution in [0.25, 0.3) is 0 Å². The molecule has 0 fully saturated rings. The third-order valence-corrected chi connectivity index (χ3v) is 3.01. The van der Waals surface area contributed by atoms with Crippen LogP contribution in [0.4, 0.5) is 17.3 Å². The van der Waals surface area contributed by atoms with Gasteiger partial charge in [0.25, 0.3) is 0 Å². The van der Waals surface area contributed by atoms with Crippen LogP contribution in [-0.4, -0.2) is 37.3 Å². The molecule has 0 amide bonds. The number of hydrogen-bond acceptors (Lipinski definition) is 6. The molecular formula is C16H22N4O2. The summed E-state index contributed by atoms with van der Waals surface area (Å²) in [6, 6.07) is 9.60. The number of hydrogen-bond donors (Lipinski definition) is 2. The van der Waals surface area contributed by atoms with E-state index in [9.17, 15) is 0 Å². The number of aryl methyl sites for hydroxylation is 1. The maximum Gasteiger partial charge on any atom is 0.136 e. The van der Waals surface area contributed by atoms with Gasteiger partial charge in [-0.25, -0.2) is 9.97 Å². The van der Waals surface area contributed by atoms with Gasteiger partial charge in [-0.3, -0.25) is 0 Å². The van der Waals surface area contributed by atoms with Crippen LogP contribution in [0.3, 0.4) is 0 Å². The first kappa shape index (κ1) is 16.0. The van der Waals surface area contributed by atoms with Crippen molar-refractivity contribution in [3.05, 3.63) is 36.2 Å². The summed E-state index contributed by atoms with van der Waals surface area (Å²) < 4.78 is 10.3. The van der Waals surface area contributed by atoms with E-state index in [1.165, 1.54) is 0 Å². The molecule has 0 bridgehead atoms. The summed E-state index contributed by atoms with van der Waals surface area (Å²) in [5, 5.41) is 6.54. The Labute approximate surface area is 130 Å². The lowest BCUT2D eigenvalue weighted by molar-refractivity contribution is 0.198. The van der Waals surface area contributed by atoms with E-state index in [0.29, 0.717) is 5.82 Å². The van der Waals surface area contributed by atoms with E-state index in [0.717, 1.165) is 42.6 Å². The second-order valence-electron chi connectivity index (χ2n) is 4.82. The van der Waals surface area contributed by atoms with Crippen LogP contribution >= 0.6 is 0 Å². The first-order valence-corrected chi connectivity index (χ1v) is 7.21. The van der Waals surface area contributed by atoms with Crippen molar-refractivity contribution in [2.45, 2.75) is 13.3 Å². The molecule has 0 aliphatic carbocycles. The summed E-state index contributed by atoms with van der Waals surface area (Å²) in [5.41, 5.74) is 0.919. The molecular weight excluding hydrogens is 280 g/mol. The molecule has 0 aliphatic rings. The molecule has 6 heteroatoms. The number of rotatable bonds is 8. The Kier molecular flexibility index (Phi) is 5.97. The van der Waals surface area contributed by atoms with Crippen LogP contribution in [0, 0.1) is 6.92 Å². The number of nitrogens with zero attached hydrogens (tertiary/aromatic N) is 2. The van der Waals surface area contributed by atoms with Crippen LogP contribution in [0.2, 0.25) is 0 Å². The molecule has 0 atom stereocenters. The van der Waals surface area contributed by atoms with Gasteiger partial charge in [-0.05, 0) is 25.5 Å². The summed E-state index contributed by atoms with van der Waals surface area (Å²) in [7, 11) is 3.35. The molecule has 2 aromatic rings. The van der Waals surface area contributed by atoms with E-state index in [1.807, 2.05) is 37.3 Å². The van der Waals surface area contributed by atoms with Gasteiger partial charge in [0, 0.05) is 38.1 Å². The molecule has 0 unspecified atom stereocenters. The Morgan fingerprint density at radius 3 is 2.68 bits per heavy atom. The molecule has 1 heterocycles. The molecule has 2 N–H and O–H groups in total. The van der Waals surface area contributed by atoms with Gasteiger partial charge in [0.15, 0.2) is 0 Å². The normalized spacial score (nSPS) is 10.3. The van der Waals surface area contributed by atoms with Gasteiger partial charge >= 0.3 is 0 Å². The molecule has 22 heavy (non-hydrogen) atoms. The van der Waals surface area contributed by atoms with Crippen molar-refractivity contribution in [2.75, 3.05) is 38.0 Å². The predicted molar refractivity (Wildman–Crippen MR) is 88.0 cm³/mol. The van der Waals surface area contributed by atoms with E-state index < -0.39 is 0 Å². The van der Waals surface area contributed by atoms with Crippen LogP contribution in [0.15, 0.2) is 30.3 Å². The monoisotopic (exact) mass is 302 g/mol. The highest BCUT2D eigenvalue weighted by atomic mass is 16.5. The zero-order valence-electron chi connectivity index (χ0n) is 13.2. The lowest BCUT2D eigenvalue weighted by Crippen LogP contribution is -2.08. The molecule has 6 nitrogen and oxygen atoms in total. The topological polar surface area (TPSA) is 68.3 Å². The number of nitrogens with one attached hydrogen (secondary N) is 2. The second kappa shape index (κ2) is 8.19. The van der Waals surface area contributed by atoms with Crippen LogP contribution in [0.1, 0.15) is 12.2 Å². The zero-order valence-corrected chi connectivity index (χ0v) is 13.2. The molecule has 2 rings (SSSR count).